The number of hydrogen-bond donors (Lipinski definition) is 2. The van der Waals surface area contributed by atoms with Crippen LogP contribution in [0.3, 0.4) is 0 Å². The van der Waals surface area contributed by atoms with E-state index < -0.39 is 29.5 Å². The zero-order valence-electron chi connectivity index (χ0n) is 14.4. The van der Waals surface area contributed by atoms with Crippen LogP contribution in [0.5, 0.6) is 0 Å². The summed E-state index contributed by atoms with van der Waals surface area (Å²) in [6.07, 6.45) is -0.922. The van der Waals surface area contributed by atoms with Crippen LogP contribution in [0.4, 0.5) is 10.5 Å². The maximum atomic E-state index is 12.6. The highest BCUT2D eigenvalue weighted by atomic mass is 16.6. The number of anilines is 1. The zero-order chi connectivity index (χ0) is 18.6. The van der Waals surface area contributed by atoms with E-state index in [1.54, 1.807) is 51.1 Å². The van der Waals surface area contributed by atoms with Gasteiger partial charge in [-0.2, -0.15) is 10.1 Å². The quantitative estimate of drug-likeness (QED) is 0.869. The van der Waals surface area contributed by atoms with Crippen LogP contribution in [0, 0.1) is 5.92 Å². The van der Waals surface area contributed by atoms with Gasteiger partial charge in [0, 0.05) is 6.42 Å². The number of nitrogens with zero attached hydrogens (tertiary/aromatic N) is 2. The minimum absolute atomic E-state index is 0.0339. The van der Waals surface area contributed by atoms with Gasteiger partial charge >= 0.3 is 12.1 Å². The highest BCUT2D eigenvalue weighted by molar-refractivity contribution is 6.17. The van der Waals surface area contributed by atoms with Crippen molar-refractivity contribution in [1.29, 1.82) is 0 Å². The number of hydrogen-bond acceptors (Lipinski definition) is 5. The number of amides is 2. The predicted octanol–water partition coefficient (Wildman–Crippen LogP) is 2.35. The molecule has 0 aromatic heterocycles. The summed E-state index contributed by atoms with van der Waals surface area (Å²) in [6.45, 7) is 5.14. The van der Waals surface area contributed by atoms with Crippen LogP contribution >= 0.6 is 0 Å². The largest absolute Gasteiger partial charge is 0.481 e. The first kappa shape index (κ1) is 18.4. The van der Waals surface area contributed by atoms with Gasteiger partial charge in [0.1, 0.15) is 17.4 Å². The Kier molecular flexibility index (Phi) is 5.41. The fourth-order valence-corrected chi connectivity index (χ4v) is 2.29. The summed E-state index contributed by atoms with van der Waals surface area (Å²) in [5.74, 6) is -2.17. The van der Waals surface area contributed by atoms with Gasteiger partial charge in [0.05, 0.1) is 5.69 Å². The summed E-state index contributed by atoms with van der Waals surface area (Å²) in [5.41, 5.74) is -0.169. The van der Waals surface area contributed by atoms with Crippen molar-refractivity contribution in [3.63, 3.8) is 0 Å². The first-order valence-corrected chi connectivity index (χ1v) is 7.86. The first-order valence-electron chi connectivity index (χ1n) is 7.86. The number of alkyl carbamates (subject to hydrolysis) is 1. The second-order valence-electron chi connectivity index (χ2n) is 6.58. The third-order valence-corrected chi connectivity index (χ3v) is 3.32. The Morgan fingerprint density at radius 3 is 2.48 bits per heavy atom. The van der Waals surface area contributed by atoms with Crippen molar-refractivity contribution in [2.24, 2.45) is 11.0 Å². The molecule has 1 aromatic carbocycles. The van der Waals surface area contributed by atoms with E-state index in [0.717, 1.165) is 0 Å². The third-order valence-electron chi connectivity index (χ3n) is 3.32. The molecule has 0 aliphatic carbocycles. The molecule has 1 heterocycles. The second kappa shape index (κ2) is 7.33. The van der Waals surface area contributed by atoms with Crippen LogP contribution in [0.25, 0.3) is 0 Å². The van der Waals surface area contributed by atoms with E-state index in [2.05, 4.69) is 10.4 Å². The van der Waals surface area contributed by atoms with Gasteiger partial charge in [-0.3, -0.25) is 14.9 Å². The summed E-state index contributed by atoms with van der Waals surface area (Å²) in [6, 6.07) is 8.71. The molecule has 0 saturated carbocycles. The Morgan fingerprint density at radius 2 is 1.92 bits per heavy atom. The van der Waals surface area contributed by atoms with Crippen LogP contribution in [0.15, 0.2) is 35.4 Å². The molecule has 0 saturated heterocycles. The van der Waals surface area contributed by atoms with E-state index in [9.17, 15) is 14.4 Å². The molecule has 0 fully saturated rings. The van der Waals surface area contributed by atoms with E-state index in [0.29, 0.717) is 5.69 Å². The van der Waals surface area contributed by atoms with E-state index in [4.69, 9.17) is 9.84 Å². The summed E-state index contributed by atoms with van der Waals surface area (Å²) >= 11 is 0. The normalized spacial score (nSPS) is 17.2. The number of rotatable bonds is 4. The predicted molar refractivity (Wildman–Crippen MR) is 91.1 cm³/mol. The molecule has 0 spiro atoms. The number of hydrazone groups is 1. The number of carboxylic acid groups (broad SMARTS) is 1. The van der Waals surface area contributed by atoms with Crippen molar-refractivity contribution in [3.05, 3.63) is 30.3 Å². The molecule has 1 aliphatic rings. The summed E-state index contributed by atoms with van der Waals surface area (Å²) in [7, 11) is 0. The van der Waals surface area contributed by atoms with E-state index in [1.807, 2.05) is 0 Å². The molecule has 8 nitrogen and oxygen atoms in total. The van der Waals surface area contributed by atoms with Crippen LogP contribution in [0.2, 0.25) is 0 Å². The van der Waals surface area contributed by atoms with Gasteiger partial charge in [0.2, 0.25) is 0 Å². The molecule has 2 rings (SSSR count). The fourth-order valence-electron chi connectivity index (χ4n) is 2.29. The van der Waals surface area contributed by atoms with Crippen molar-refractivity contribution >= 4 is 29.5 Å². The van der Waals surface area contributed by atoms with Gasteiger partial charge < -0.3 is 9.84 Å². The maximum Gasteiger partial charge on any atom is 0.413 e. The number of carbonyl (C=O) groups is 3. The van der Waals surface area contributed by atoms with Gasteiger partial charge in [0.15, 0.2) is 0 Å². The van der Waals surface area contributed by atoms with Gasteiger partial charge in [-0.1, -0.05) is 18.2 Å². The third kappa shape index (κ3) is 5.03. The Labute approximate surface area is 145 Å². The minimum atomic E-state index is -1.03. The second-order valence-corrected chi connectivity index (χ2v) is 6.58. The van der Waals surface area contributed by atoms with Crippen LogP contribution < -0.4 is 10.3 Å². The molecule has 1 aliphatic heterocycles. The molecule has 0 unspecified atom stereocenters. The van der Waals surface area contributed by atoms with Gasteiger partial charge in [-0.15, -0.1) is 0 Å². The standard InChI is InChI=1S/C17H21N3O5/c1-17(2,3)25-16(24)18-14-12(9-10-13(21)22)15(23)20(19-14)11-7-5-4-6-8-11/h4-8,12H,9-10H2,1-3H3,(H,21,22)(H,18,19,24)/t12-/m1/s1. The lowest BCUT2D eigenvalue weighted by Gasteiger charge is -2.20. The van der Waals surface area contributed by atoms with Crippen molar-refractivity contribution in [2.75, 3.05) is 5.01 Å². The van der Waals surface area contributed by atoms with Crippen molar-refractivity contribution < 1.29 is 24.2 Å². The highest BCUT2D eigenvalue weighted by Crippen LogP contribution is 2.25. The number of amidine groups is 1. The molecular weight excluding hydrogens is 326 g/mol. The van der Waals surface area contributed by atoms with E-state index >= 15 is 0 Å². The Balaban J connectivity index is 2.22. The van der Waals surface area contributed by atoms with E-state index in [1.165, 1.54) is 5.01 Å². The molecule has 1 aromatic rings. The highest BCUT2D eigenvalue weighted by Gasteiger charge is 2.38. The average Bonchev–Trinajstić information content (AvgIpc) is 2.80. The lowest BCUT2D eigenvalue weighted by Crippen LogP contribution is -2.40. The molecule has 0 bridgehead atoms. The Morgan fingerprint density at radius 1 is 1.28 bits per heavy atom. The lowest BCUT2D eigenvalue weighted by atomic mass is 10.0. The number of ether oxygens (including phenoxy) is 1. The number of para-hydroxylation sites is 1. The summed E-state index contributed by atoms with van der Waals surface area (Å²) < 4.78 is 5.17. The zero-order valence-corrected chi connectivity index (χ0v) is 14.4. The first-order chi connectivity index (χ1) is 11.7. The van der Waals surface area contributed by atoms with Crippen molar-refractivity contribution in [2.45, 2.75) is 39.2 Å². The number of carboxylic acids is 1. The van der Waals surface area contributed by atoms with Crippen LogP contribution in [0.1, 0.15) is 33.6 Å². The molecule has 8 heteroatoms. The van der Waals surface area contributed by atoms with E-state index in [-0.39, 0.29) is 18.7 Å². The van der Waals surface area contributed by atoms with Gasteiger partial charge in [-0.25, -0.2) is 4.79 Å². The summed E-state index contributed by atoms with van der Waals surface area (Å²) in [5, 5.41) is 16.7. The SMILES string of the molecule is CC(C)(C)OC(=O)NC1=NN(c2ccccc2)C(=O)[C@@H]1CCC(=O)O. The molecular formula is C17H21N3O5. The molecule has 25 heavy (non-hydrogen) atoms. The average molecular weight is 347 g/mol. The Bertz CT molecular complexity index is 694. The fraction of sp³-hybridized carbons (Fsp3) is 0.412. The smallest absolute Gasteiger partial charge is 0.413 e. The monoisotopic (exact) mass is 347 g/mol. The molecule has 2 N–H and O–H groups in total. The molecule has 1 atom stereocenters. The van der Waals surface area contributed by atoms with Gasteiger partial charge in [0.25, 0.3) is 5.91 Å². The topological polar surface area (TPSA) is 108 Å². The maximum absolute atomic E-state index is 12.6. The number of carbonyl (C=O) groups excluding carboxylic acids is 2. The number of aliphatic carboxylic acids is 1. The van der Waals surface area contributed by atoms with Crippen molar-refractivity contribution in [1.82, 2.24) is 5.32 Å². The number of nitrogens with one attached hydrogen (secondary N) is 1. The van der Waals surface area contributed by atoms with Gasteiger partial charge in [-0.05, 0) is 39.3 Å². The molecule has 0 radical (unpaired) electrons. The summed E-state index contributed by atoms with van der Waals surface area (Å²) in [4.78, 5) is 35.5. The van der Waals surface area contributed by atoms with Crippen LogP contribution in [-0.2, 0) is 14.3 Å². The molecule has 2 amide bonds. The minimum Gasteiger partial charge on any atom is -0.481 e. The molecule has 134 valence electrons. The van der Waals surface area contributed by atoms with Crippen LogP contribution in [-0.4, -0.2) is 34.5 Å². The lowest BCUT2D eigenvalue weighted by molar-refractivity contribution is -0.137. The van der Waals surface area contributed by atoms with Crippen molar-refractivity contribution in [3.8, 4) is 0 Å². The number of benzene rings is 1. The Hall–Kier alpha value is -2.90.